The Morgan fingerprint density at radius 3 is 2.79 bits per heavy atom. The zero-order valence-electron chi connectivity index (χ0n) is 10.5. The molecule has 0 aromatic heterocycles. The summed E-state index contributed by atoms with van der Waals surface area (Å²) in [5.41, 5.74) is 13.7. The van der Waals surface area contributed by atoms with Gasteiger partial charge in [0, 0.05) is 16.1 Å². The fraction of sp³-hybridized carbons (Fsp3) is 0.231. The molecule has 0 aliphatic carbocycles. The Morgan fingerprint density at radius 2 is 2.16 bits per heavy atom. The second kappa shape index (κ2) is 5.99. The van der Waals surface area contributed by atoms with Crippen molar-refractivity contribution in [2.75, 3.05) is 0 Å². The summed E-state index contributed by atoms with van der Waals surface area (Å²) in [6.45, 7) is 1.95. The normalized spacial score (nSPS) is 16.3. The number of hydrazine groups is 1. The standard InChI is InChI=1S/C13H15BrN4O/c1-2-10(15)12-11(7-19)16-13(18-17-12)8-5-3-4-6-9(8)14/h3-7,10,17H,2,15H2,1H3,(H,16,18). The van der Waals surface area contributed by atoms with E-state index >= 15 is 0 Å². The molecule has 1 heterocycles. The number of aldehydes is 1. The molecule has 0 radical (unpaired) electrons. The SMILES string of the molecule is CCC(N)C1=C(C=O)N=C(c2ccccc2Br)NN1. The predicted octanol–water partition coefficient (Wildman–Crippen LogP) is 1.45. The fourth-order valence-electron chi connectivity index (χ4n) is 1.76. The summed E-state index contributed by atoms with van der Waals surface area (Å²) in [5.74, 6) is 0.585. The van der Waals surface area contributed by atoms with Gasteiger partial charge in [-0.25, -0.2) is 4.99 Å². The van der Waals surface area contributed by atoms with E-state index in [9.17, 15) is 4.79 Å². The van der Waals surface area contributed by atoms with E-state index in [4.69, 9.17) is 5.73 Å². The van der Waals surface area contributed by atoms with Gasteiger partial charge in [0.05, 0.1) is 5.70 Å². The zero-order valence-corrected chi connectivity index (χ0v) is 12.1. The number of amidine groups is 1. The van der Waals surface area contributed by atoms with Gasteiger partial charge in [0.15, 0.2) is 12.1 Å². The first-order valence-electron chi connectivity index (χ1n) is 5.98. The van der Waals surface area contributed by atoms with Crippen LogP contribution in [0.2, 0.25) is 0 Å². The third-order valence-electron chi connectivity index (χ3n) is 2.88. The second-order valence-electron chi connectivity index (χ2n) is 4.12. The molecule has 6 heteroatoms. The maximum atomic E-state index is 11.2. The number of rotatable bonds is 4. The number of nitrogens with zero attached hydrogens (tertiary/aromatic N) is 1. The highest BCUT2D eigenvalue weighted by molar-refractivity contribution is 9.10. The van der Waals surface area contributed by atoms with Crippen molar-refractivity contribution in [2.24, 2.45) is 10.7 Å². The van der Waals surface area contributed by atoms with Gasteiger partial charge >= 0.3 is 0 Å². The van der Waals surface area contributed by atoms with E-state index < -0.39 is 0 Å². The average molecular weight is 323 g/mol. The van der Waals surface area contributed by atoms with Crippen LogP contribution in [0.25, 0.3) is 0 Å². The van der Waals surface area contributed by atoms with Gasteiger partial charge in [0.25, 0.3) is 0 Å². The lowest BCUT2D eigenvalue weighted by atomic mass is 10.1. The number of nitrogens with two attached hydrogens (primary N) is 1. The molecule has 0 fully saturated rings. The maximum absolute atomic E-state index is 11.2. The Bertz CT molecular complexity index is 553. The van der Waals surface area contributed by atoms with Gasteiger partial charge in [-0.3, -0.25) is 15.6 Å². The summed E-state index contributed by atoms with van der Waals surface area (Å²) in [5, 5.41) is 0. The van der Waals surface area contributed by atoms with Crippen LogP contribution in [0.1, 0.15) is 18.9 Å². The third-order valence-corrected chi connectivity index (χ3v) is 3.57. The van der Waals surface area contributed by atoms with Crippen LogP contribution in [0.15, 0.2) is 45.1 Å². The summed E-state index contributed by atoms with van der Waals surface area (Å²) in [6.07, 6.45) is 1.44. The molecule has 0 saturated carbocycles. The van der Waals surface area contributed by atoms with E-state index in [1.165, 1.54) is 0 Å². The minimum Gasteiger partial charge on any atom is -0.323 e. The molecule has 1 aliphatic heterocycles. The molecular formula is C13H15BrN4O. The molecule has 0 saturated heterocycles. The number of allylic oxidation sites excluding steroid dienone is 1. The minimum absolute atomic E-state index is 0.239. The first kappa shape index (κ1) is 13.8. The molecule has 2 rings (SSSR count). The molecule has 4 N–H and O–H groups in total. The van der Waals surface area contributed by atoms with Crippen LogP contribution in [0.5, 0.6) is 0 Å². The van der Waals surface area contributed by atoms with E-state index in [0.29, 0.717) is 17.2 Å². The lowest BCUT2D eigenvalue weighted by molar-refractivity contribution is -0.105. The number of nitrogens with one attached hydrogen (secondary N) is 2. The van der Waals surface area contributed by atoms with Crippen LogP contribution in [-0.2, 0) is 4.79 Å². The topological polar surface area (TPSA) is 79.5 Å². The largest absolute Gasteiger partial charge is 0.323 e. The molecular weight excluding hydrogens is 308 g/mol. The summed E-state index contributed by atoms with van der Waals surface area (Å²) >= 11 is 3.45. The van der Waals surface area contributed by atoms with Gasteiger partial charge in [-0.1, -0.05) is 41.1 Å². The molecule has 1 aromatic carbocycles. The molecule has 100 valence electrons. The lowest BCUT2D eigenvalue weighted by Crippen LogP contribution is -2.46. The molecule has 1 aromatic rings. The van der Waals surface area contributed by atoms with Gasteiger partial charge in [-0.05, 0) is 12.5 Å². The van der Waals surface area contributed by atoms with Gasteiger partial charge in [0.2, 0.25) is 0 Å². The number of carbonyl (C=O) groups excluding carboxylic acids is 1. The molecule has 1 unspecified atom stereocenters. The van der Waals surface area contributed by atoms with Crippen molar-refractivity contribution in [1.29, 1.82) is 0 Å². The van der Waals surface area contributed by atoms with Crippen LogP contribution in [0, 0.1) is 0 Å². The summed E-state index contributed by atoms with van der Waals surface area (Å²) < 4.78 is 0.900. The Labute approximate surface area is 120 Å². The van der Waals surface area contributed by atoms with Crippen molar-refractivity contribution in [3.63, 3.8) is 0 Å². The summed E-state index contributed by atoms with van der Waals surface area (Å²) in [4.78, 5) is 15.5. The van der Waals surface area contributed by atoms with Gasteiger partial charge in [-0.2, -0.15) is 0 Å². The quantitative estimate of drug-likeness (QED) is 0.733. The summed E-state index contributed by atoms with van der Waals surface area (Å²) in [6, 6.07) is 7.40. The highest BCUT2D eigenvalue weighted by atomic mass is 79.9. The first-order valence-corrected chi connectivity index (χ1v) is 6.77. The van der Waals surface area contributed by atoms with Gasteiger partial charge in [-0.15, -0.1) is 0 Å². The number of halogens is 1. The lowest BCUT2D eigenvalue weighted by Gasteiger charge is -2.24. The minimum atomic E-state index is -0.239. The van der Waals surface area contributed by atoms with Crippen LogP contribution in [-0.4, -0.2) is 18.2 Å². The van der Waals surface area contributed by atoms with E-state index in [1.807, 2.05) is 31.2 Å². The van der Waals surface area contributed by atoms with E-state index in [-0.39, 0.29) is 6.04 Å². The highest BCUT2D eigenvalue weighted by Crippen LogP contribution is 2.19. The molecule has 0 spiro atoms. The zero-order chi connectivity index (χ0) is 13.8. The number of aliphatic imine (C=N–C) groups is 1. The summed E-state index contributed by atoms with van der Waals surface area (Å²) in [7, 11) is 0. The Balaban J connectivity index is 2.41. The third kappa shape index (κ3) is 2.85. The molecule has 1 atom stereocenters. The van der Waals surface area contributed by atoms with Crippen molar-refractivity contribution < 1.29 is 4.79 Å². The molecule has 0 amide bonds. The maximum Gasteiger partial charge on any atom is 0.170 e. The monoisotopic (exact) mass is 322 g/mol. The molecule has 19 heavy (non-hydrogen) atoms. The van der Waals surface area contributed by atoms with Gasteiger partial charge in [0.1, 0.15) is 5.70 Å². The fourth-order valence-corrected chi connectivity index (χ4v) is 2.23. The predicted molar refractivity (Wildman–Crippen MR) is 78.3 cm³/mol. The number of carbonyl (C=O) groups is 1. The van der Waals surface area contributed by atoms with Crippen LogP contribution < -0.4 is 16.6 Å². The smallest absolute Gasteiger partial charge is 0.170 e. The van der Waals surface area contributed by atoms with E-state index in [2.05, 4.69) is 31.8 Å². The number of hydrogen-bond acceptors (Lipinski definition) is 5. The highest BCUT2D eigenvalue weighted by Gasteiger charge is 2.19. The first-order chi connectivity index (χ1) is 9.17. The van der Waals surface area contributed by atoms with Crippen molar-refractivity contribution in [3.05, 3.63) is 45.7 Å². The van der Waals surface area contributed by atoms with Crippen molar-refractivity contribution in [1.82, 2.24) is 10.9 Å². The average Bonchev–Trinajstić information content (AvgIpc) is 2.46. The second-order valence-corrected chi connectivity index (χ2v) is 4.98. The van der Waals surface area contributed by atoms with Crippen molar-refractivity contribution in [3.8, 4) is 0 Å². The molecule has 0 bridgehead atoms. The van der Waals surface area contributed by atoms with Crippen molar-refractivity contribution in [2.45, 2.75) is 19.4 Å². The Morgan fingerprint density at radius 1 is 1.42 bits per heavy atom. The Kier molecular flexibility index (Phi) is 4.34. The molecule has 1 aliphatic rings. The van der Waals surface area contributed by atoms with Crippen LogP contribution in [0.3, 0.4) is 0 Å². The van der Waals surface area contributed by atoms with Gasteiger partial charge < -0.3 is 5.73 Å². The van der Waals surface area contributed by atoms with E-state index in [0.717, 1.165) is 22.7 Å². The Hall–Kier alpha value is -1.66. The van der Waals surface area contributed by atoms with Crippen LogP contribution in [0.4, 0.5) is 0 Å². The van der Waals surface area contributed by atoms with E-state index in [1.54, 1.807) is 0 Å². The molecule has 5 nitrogen and oxygen atoms in total. The van der Waals surface area contributed by atoms with Crippen LogP contribution >= 0.6 is 15.9 Å². The van der Waals surface area contributed by atoms with Crippen molar-refractivity contribution >= 4 is 28.1 Å². The number of benzene rings is 1. The number of hydrogen-bond donors (Lipinski definition) is 3.